The molecule has 4 rings (SSSR count). The molecule has 0 aromatic heterocycles. The largest absolute Gasteiger partial charge is 0.384 e. The van der Waals surface area contributed by atoms with Crippen LogP contribution in [-0.4, -0.2) is 54.2 Å². The minimum Gasteiger partial charge on any atom is -0.384 e. The van der Waals surface area contributed by atoms with Crippen LogP contribution in [0.3, 0.4) is 0 Å². The number of hydrogen-bond donors (Lipinski definition) is 3. The highest BCUT2D eigenvalue weighted by atomic mass is 16.2. The number of nitrogens with zero attached hydrogens (tertiary/aromatic N) is 1. The van der Waals surface area contributed by atoms with Gasteiger partial charge in [0.2, 0.25) is 11.8 Å². The fraction of sp³-hybridized carbons (Fsp3) is 0.545. The second kappa shape index (κ2) is 8.55. The first-order chi connectivity index (χ1) is 14.5. The van der Waals surface area contributed by atoms with Gasteiger partial charge in [-0.25, -0.2) is 0 Å². The van der Waals surface area contributed by atoms with E-state index in [-0.39, 0.29) is 18.7 Å². The Morgan fingerprint density at radius 3 is 2.50 bits per heavy atom. The van der Waals surface area contributed by atoms with Gasteiger partial charge in [0, 0.05) is 24.7 Å². The maximum Gasteiger partial charge on any atom is 0.264 e. The maximum absolute atomic E-state index is 13.1. The number of piperidine rings is 1. The van der Waals surface area contributed by atoms with E-state index in [4.69, 9.17) is 0 Å². The molecule has 3 N–H and O–H groups in total. The average Bonchev–Trinajstić information content (AvgIpc) is 3.00. The Labute approximate surface area is 175 Å². The highest BCUT2D eigenvalue weighted by molar-refractivity contribution is 6.25. The molecule has 160 valence electrons. The van der Waals surface area contributed by atoms with E-state index >= 15 is 0 Å². The van der Waals surface area contributed by atoms with Crippen LogP contribution in [0, 0.1) is 5.92 Å². The van der Waals surface area contributed by atoms with E-state index in [1.165, 1.54) is 25.7 Å². The molecular formula is C22H28N4O4. The van der Waals surface area contributed by atoms with Gasteiger partial charge < -0.3 is 10.6 Å². The molecule has 4 amide bonds. The summed E-state index contributed by atoms with van der Waals surface area (Å²) >= 11 is 0. The highest BCUT2D eigenvalue weighted by Gasteiger charge is 2.45. The van der Waals surface area contributed by atoms with Crippen LogP contribution < -0.4 is 16.0 Å². The molecule has 2 fully saturated rings. The number of benzene rings is 1. The standard InChI is InChI=1S/C22H28N4O4/c1-23-14-7-5-13(6-8-14)11-12-24-16-4-2-3-15-19(16)22(30)26(21(15)29)17-9-10-18(27)25-20(17)28/h2-4,13-14,17,23-24H,5-12H2,1H3,(H,25,27,28)/t13-,14+,17?. The van der Waals surface area contributed by atoms with Crippen LogP contribution in [0.1, 0.15) is 65.7 Å². The molecule has 1 aromatic carbocycles. The average molecular weight is 412 g/mol. The lowest BCUT2D eigenvalue weighted by Crippen LogP contribution is -2.54. The number of imide groups is 2. The van der Waals surface area contributed by atoms with Gasteiger partial charge in [-0.1, -0.05) is 6.07 Å². The Bertz CT molecular complexity index is 876. The summed E-state index contributed by atoms with van der Waals surface area (Å²) in [5.74, 6) is -1.25. The normalized spacial score (nSPS) is 26.6. The van der Waals surface area contributed by atoms with Gasteiger partial charge in [0.05, 0.1) is 11.1 Å². The molecule has 8 heteroatoms. The van der Waals surface area contributed by atoms with Crippen molar-refractivity contribution in [2.24, 2.45) is 5.92 Å². The zero-order valence-electron chi connectivity index (χ0n) is 17.2. The Balaban J connectivity index is 1.43. The molecule has 8 nitrogen and oxygen atoms in total. The van der Waals surface area contributed by atoms with Crippen molar-refractivity contribution in [2.45, 2.75) is 57.0 Å². The lowest BCUT2D eigenvalue weighted by molar-refractivity contribution is -0.136. The molecule has 1 atom stereocenters. The Hall–Kier alpha value is -2.74. The number of rotatable bonds is 6. The summed E-state index contributed by atoms with van der Waals surface area (Å²) in [7, 11) is 2.01. The van der Waals surface area contributed by atoms with Crippen molar-refractivity contribution in [1.82, 2.24) is 15.5 Å². The highest BCUT2D eigenvalue weighted by Crippen LogP contribution is 2.33. The van der Waals surface area contributed by atoms with Crippen LogP contribution in [-0.2, 0) is 9.59 Å². The first-order valence-corrected chi connectivity index (χ1v) is 10.7. The number of carbonyl (C=O) groups is 4. The molecule has 30 heavy (non-hydrogen) atoms. The molecule has 0 radical (unpaired) electrons. The molecule has 0 spiro atoms. The van der Waals surface area contributed by atoms with E-state index < -0.39 is 23.8 Å². The molecule has 1 saturated carbocycles. The van der Waals surface area contributed by atoms with Gasteiger partial charge in [-0.05, 0) is 63.6 Å². The molecule has 1 unspecified atom stereocenters. The molecule has 1 aliphatic carbocycles. The van der Waals surface area contributed by atoms with E-state index in [1.54, 1.807) is 18.2 Å². The van der Waals surface area contributed by atoms with Gasteiger partial charge in [0.15, 0.2) is 0 Å². The SMILES string of the molecule is CN[C@H]1CC[C@@H](CCNc2cccc3c2C(=O)N(C2CCC(=O)NC2=O)C3=O)CC1. The number of carbonyl (C=O) groups excluding carboxylic acids is 4. The van der Waals surface area contributed by atoms with Gasteiger partial charge in [0.1, 0.15) is 6.04 Å². The second-order valence-corrected chi connectivity index (χ2v) is 8.40. The van der Waals surface area contributed by atoms with Crippen molar-refractivity contribution in [3.63, 3.8) is 0 Å². The van der Waals surface area contributed by atoms with Crippen molar-refractivity contribution in [1.29, 1.82) is 0 Å². The van der Waals surface area contributed by atoms with E-state index in [1.807, 2.05) is 7.05 Å². The van der Waals surface area contributed by atoms with Crippen molar-refractivity contribution in [2.75, 3.05) is 18.9 Å². The van der Waals surface area contributed by atoms with Gasteiger partial charge in [-0.2, -0.15) is 0 Å². The van der Waals surface area contributed by atoms with E-state index in [0.717, 1.165) is 17.9 Å². The summed E-state index contributed by atoms with van der Waals surface area (Å²) in [6, 6.07) is 4.85. The third kappa shape index (κ3) is 3.84. The molecular weight excluding hydrogens is 384 g/mol. The third-order valence-electron chi connectivity index (χ3n) is 6.59. The lowest BCUT2D eigenvalue weighted by Gasteiger charge is -2.28. The molecule has 3 aliphatic rings. The van der Waals surface area contributed by atoms with Crippen LogP contribution in [0.25, 0.3) is 0 Å². The summed E-state index contributed by atoms with van der Waals surface area (Å²) in [4.78, 5) is 50.6. The monoisotopic (exact) mass is 412 g/mol. The van der Waals surface area contributed by atoms with E-state index in [2.05, 4.69) is 16.0 Å². The molecule has 2 aliphatic heterocycles. The van der Waals surface area contributed by atoms with E-state index in [0.29, 0.717) is 28.8 Å². The quantitative estimate of drug-likeness (QED) is 0.614. The van der Waals surface area contributed by atoms with Crippen molar-refractivity contribution >= 4 is 29.3 Å². The fourth-order valence-corrected chi connectivity index (χ4v) is 4.81. The molecule has 1 saturated heterocycles. The number of hydrogen-bond acceptors (Lipinski definition) is 6. The number of amides is 4. The summed E-state index contributed by atoms with van der Waals surface area (Å²) < 4.78 is 0. The third-order valence-corrected chi connectivity index (χ3v) is 6.59. The molecule has 1 aromatic rings. The van der Waals surface area contributed by atoms with Crippen LogP contribution in [0.2, 0.25) is 0 Å². The second-order valence-electron chi connectivity index (χ2n) is 8.40. The number of anilines is 1. The number of nitrogens with one attached hydrogen (secondary N) is 3. The Morgan fingerprint density at radius 1 is 1.03 bits per heavy atom. The minimum absolute atomic E-state index is 0.116. The Kier molecular flexibility index (Phi) is 5.85. The van der Waals surface area contributed by atoms with Gasteiger partial charge in [0.25, 0.3) is 11.8 Å². The smallest absolute Gasteiger partial charge is 0.264 e. The molecule has 0 bridgehead atoms. The summed E-state index contributed by atoms with van der Waals surface area (Å²) in [5, 5.41) is 8.91. The first-order valence-electron chi connectivity index (χ1n) is 10.7. The zero-order valence-corrected chi connectivity index (χ0v) is 17.2. The van der Waals surface area contributed by atoms with Crippen LogP contribution in [0.4, 0.5) is 5.69 Å². The van der Waals surface area contributed by atoms with E-state index in [9.17, 15) is 19.2 Å². The minimum atomic E-state index is -0.940. The molecule has 2 heterocycles. The first kappa shape index (κ1) is 20.5. The van der Waals surface area contributed by atoms with Crippen molar-refractivity contribution in [3.8, 4) is 0 Å². The van der Waals surface area contributed by atoms with Crippen molar-refractivity contribution in [3.05, 3.63) is 29.3 Å². The summed E-state index contributed by atoms with van der Waals surface area (Å²) in [6.45, 7) is 0.727. The van der Waals surface area contributed by atoms with Crippen LogP contribution >= 0.6 is 0 Å². The topological polar surface area (TPSA) is 108 Å². The predicted molar refractivity (Wildman–Crippen MR) is 111 cm³/mol. The fourth-order valence-electron chi connectivity index (χ4n) is 4.81. The van der Waals surface area contributed by atoms with Crippen LogP contribution in [0.5, 0.6) is 0 Å². The lowest BCUT2D eigenvalue weighted by atomic mass is 9.84. The van der Waals surface area contributed by atoms with Crippen LogP contribution in [0.15, 0.2) is 18.2 Å². The van der Waals surface area contributed by atoms with Crippen molar-refractivity contribution < 1.29 is 19.2 Å². The zero-order chi connectivity index (χ0) is 21.3. The summed E-state index contributed by atoms with van der Waals surface area (Å²) in [6.07, 6.45) is 6.06. The van der Waals surface area contributed by atoms with Gasteiger partial charge >= 0.3 is 0 Å². The maximum atomic E-state index is 13.1. The summed E-state index contributed by atoms with van der Waals surface area (Å²) in [5.41, 5.74) is 1.26. The van der Waals surface area contributed by atoms with Gasteiger partial charge in [-0.15, -0.1) is 0 Å². The number of fused-ring (bicyclic) bond motifs is 1. The van der Waals surface area contributed by atoms with Gasteiger partial charge in [-0.3, -0.25) is 29.4 Å². The predicted octanol–water partition coefficient (Wildman–Crippen LogP) is 1.67. The Morgan fingerprint density at radius 2 is 1.80 bits per heavy atom.